The second-order valence-electron chi connectivity index (χ2n) is 5.24. The van der Waals surface area contributed by atoms with Crippen molar-refractivity contribution in [2.75, 3.05) is 11.9 Å². The van der Waals surface area contributed by atoms with Gasteiger partial charge >= 0.3 is 0 Å². The molecule has 0 bridgehead atoms. The van der Waals surface area contributed by atoms with E-state index < -0.39 is 5.82 Å². The van der Waals surface area contributed by atoms with Crippen molar-refractivity contribution in [1.82, 2.24) is 19.9 Å². The van der Waals surface area contributed by atoms with Gasteiger partial charge < -0.3 is 10.6 Å². The summed E-state index contributed by atoms with van der Waals surface area (Å²) < 4.78 is 14.3. The van der Waals surface area contributed by atoms with Gasteiger partial charge in [0.05, 0.1) is 12.7 Å². The van der Waals surface area contributed by atoms with Gasteiger partial charge in [0.15, 0.2) is 5.65 Å². The summed E-state index contributed by atoms with van der Waals surface area (Å²) in [6.07, 6.45) is 1.22. The number of carbonyl (C=O) groups excluding carboxylic acids is 1. The first-order valence-electron chi connectivity index (χ1n) is 5.90. The number of nitrogens with zero attached hydrogens (tertiary/aromatic N) is 3. The molecule has 2 heterocycles. The number of carbonyl (C=O) groups is 1. The fourth-order valence-corrected chi connectivity index (χ4v) is 1.55. The third kappa shape index (κ3) is 3.64. The lowest BCUT2D eigenvalue weighted by molar-refractivity contribution is -0.120. The average molecular weight is 265 g/mol. The Hall–Kier alpha value is -2.18. The first-order chi connectivity index (χ1) is 8.83. The summed E-state index contributed by atoms with van der Waals surface area (Å²) in [5.41, 5.74) is 0.231. The largest absolute Gasteiger partial charge is 0.350 e. The van der Waals surface area contributed by atoms with E-state index in [1.165, 1.54) is 22.8 Å². The monoisotopic (exact) mass is 265 g/mol. The Kier molecular flexibility index (Phi) is 3.37. The molecule has 102 valence electrons. The maximum atomic E-state index is 13.0. The van der Waals surface area contributed by atoms with Gasteiger partial charge in [0.1, 0.15) is 5.82 Å². The Labute approximate surface area is 110 Å². The Morgan fingerprint density at radius 2 is 2.16 bits per heavy atom. The normalized spacial score (nSPS) is 11.6. The minimum Gasteiger partial charge on any atom is -0.350 e. The Morgan fingerprint density at radius 3 is 2.84 bits per heavy atom. The van der Waals surface area contributed by atoms with Gasteiger partial charge in [0.25, 0.3) is 0 Å². The Bertz CT molecular complexity index is 602. The van der Waals surface area contributed by atoms with Crippen molar-refractivity contribution in [3.05, 3.63) is 24.1 Å². The predicted octanol–water partition coefficient (Wildman–Crippen LogP) is 1.19. The van der Waals surface area contributed by atoms with E-state index in [9.17, 15) is 9.18 Å². The smallest absolute Gasteiger partial charge is 0.243 e. The number of rotatable bonds is 3. The fraction of sp³-hybridized carbons (Fsp3) is 0.417. The van der Waals surface area contributed by atoms with Crippen LogP contribution in [0, 0.1) is 5.82 Å². The molecule has 0 fully saturated rings. The standard InChI is InChI=1S/C12H16FN5O/c1-12(2,3)16-10(19)6-14-11-15-9-5-4-8(13)7-18(9)17-11/h4-5,7H,6H2,1-3H3,(H,14,17)(H,16,19). The highest BCUT2D eigenvalue weighted by molar-refractivity contribution is 5.80. The minimum absolute atomic E-state index is 0.0661. The molecule has 2 rings (SSSR count). The second kappa shape index (κ2) is 4.83. The number of aromatic nitrogens is 3. The van der Waals surface area contributed by atoms with Gasteiger partial charge in [-0.1, -0.05) is 0 Å². The van der Waals surface area contributed by atoms with E-state index in [2.05, 4.69) is 20.7 Å². The molecular formula is C12H16FN5O. The van der Waals surface area contributed by atoms with Crippen LogP contribution in [0.1, 0.15) is 20.8 Å². The van der Waals surface area contributed by atoms with Gasteiger partial charge in [-0.05, 0) is 32.9 Å². The number of hydrogen-bond donors (Lipinski definition) is 2. The van der Waals surface area contributed by atoms with Gasteiger partial charge in [-0.15, -0.1) is 5.10 Å². The molecule has 0 radical (unpaired) electrons. The summed E-state index contributed by atoms with van der Waals surface area (Å²) in [5.74, 6) is -0.262. The first-order valence-corrected chi connectivity index (χ1v) is 5.90. The summed E-state index contributed by atoms with van der Waals surface area (Å²) >= 11 is 0. The lowest BCUT2D eigenvalue weighted by atomic mass is 10.1. The number of amides is 1. The van der Waals surface area contributed by atoms with Crippen LogP contribution in [-0.2, 0) is 4.79 Å². The van der Waals surface area contributed by atoms with Gasteiger partial charge in [0, 0.05) is 5.54 Å². The van der Waals surface area contributed by atoms with Crippen molar-refractivity contribution in [3.63, 3.8) is 0 Å². The van der Waals surface area contributed by atoms with E-state index >= 15 is 0 Å². The van der Waals surface area contributed by atoms with E-state index in [1.807, 2.05) is 20.8 Å². The zero-order valence-corrected chi connectivity index (χ0v) is 11.1. The van der Waals surface area contributed by atoms with Gasteiger partial charge in [-0.2, -0.15) is 4.98 Å². The van der Waals surface area contributed by atoms with E-state index in [0.29, 0.717) is 5.65 Å². The van der Waals surface area contributed by atoms with E-state index in [0.717, 1.165) is 0 Å². The third-order valence-corrected chi connectivity index (χ3v) is 2.22. The highest BCUT2D eigenvalue weighted by Gasteiger charge is 2.14. The van der Waals surface area contributed by atoms with Crippen LogP contribution in [-0.4, -0.2) is 32.6 Å². The third-order valence-electron chi connectivity index (χ3n) is 2.22. The van der Waals surface area contributed by atoms with Crippen molar-refractivity contribution in [1.29, 1.82) is 0 Å². The zero-order valence-electron chi connectivity index (χ0n) is 11.1. The minimum atomic E-state index is -0.394. The lowest BCUT2D eigenvalue weighted by Crippen LogP contribution is -2.43. The van der Waals surface area contributed by atoms with Crippen LogP contribution < -0.4 is 10.6 Å². The summed E-state index contributed by atoms with van der Waals surface area (Å²) in [7, 11) is 0. The van der Waals surface area contributed by atoms with E-state index in [4.69, 9.17) is 0 Å². The fourth-order valence-electron chi connectivity index (χ4n) is 1.55. The molecule has 0 aliphatic rings. The van der Waals surface area contributed by atoms with Crippen molar-refractivity contribution in [3.8, 4) is 0 Å². The van der Waals surface area contributed by atoms with Crippen molar-refractivity contribution < 1.29 is 9.18 Å². The maximum Gasteiger partial charge on any atom is 0.243 e. The average Bonchev–Trinajstić information content (AvgIpc) is 2.66. The van der Waals surface area contributed by atoms with Gasteiger partial charge in [-0.3, -0.25) is 4.79 Å². The van der Waals surface area contributed by atoms with Crippen LogP contribution >= 0.6 is 0 Å². The number of hydrogen-bond acceptors (Lipinski definition) is 4. The summed E-state index contributed by atoms with van der Waals surface area (Å²) in [4.78, 5) is 15.7. The highest BCUT2D eigenvalue weighted by atomic mass is 19.1. The molecule has 2 aromatic heterocycles. The van der Waals surface area contributed by atoms with Crippen LogP contribution in [0.25, 0.3) is 5.65 Å². The van der Waals surface area contributed by atoms with E-state index in [-0.39, 0.29) is 23.9 Å². The van der Waals surface area contributed by atoms with E-state index in [1.54, 1.807) is 0 Å². The molecular weight excluding hydrogens is 249 g/mol. The molecule has 6 nitrogen and oxygen atoms in total. The van der Waals surface area contributed by atoms with Crippen molar-refractivity contribution >= 4 is 17.5 Å². The molecule has 0 aliphatic heterocycles. The molecule has 7 heteroatoms. The molecule has 0 aliphatic carbocycles. The molecule has 19 heavy (non-hydrogen) atoms. The molecule has 0 saturated heterocycles. The molecule has 0 spiro atoms. The van der Waals surface area contributed by atoms with Crippen LogP contribution in [0.2, 0.25) is 0 Å². The number of nitrogens with one attached hydrogen (secondary N) is 2. The highest BCUT2D eigenvalue weighted by Crippen LogP contribution is 2.06. The maximum absolute atomic E-state index is 13.0. The predicted molar refractivity (Wildman–Crippen MR) is 69.3 cm³/mol. The molecule has 0 saturated carbocycles. The number of anilines is 1. The summed E-state index contributed by atoms with van der Waals surface area (Å²) in [5, 5.41) is 9.62. The first kappa shape index (κ1) is 13.3. The SMILES string of the molecule is CC(C)(C)NC(=O)CNc1nc2ccc(F)cn2n1. The van der Waals surface area contributed by atoms with Crippen molar-refractivity contribution in [2.24, 2.45) is 0 Å². The van der Waals surface area contributed by atoms with Crippen LogP contribution in [0.3, 0.4) is 0 Å². The molecule has 0 atom stereocenters. The Morgan fingerprint density at radius 1 is 1.42 bits per heavy atom. The lowest BCUT2D eigenvalue weighted by Gasteiger charge is -2.20. The summed E-state index contributed by atoms with van der Waals surface area (Å²) in [6.45, 7) is 5.77. The Balaban J connectivity index is 2.00. The molecule has 0 aromatic carbocycles. The molecule has 2 aromatic rings. The van der Waals surface area contributed by atoms with Gasteiger partial charge in [0.2, 0.25) is 11.9 Å². The van der Waals surface area contributed by atoms with Gasteiger partial charge in [-0.25, -0.2) is 8.91 Å². The van der Waals surface area contributed by atoms with Crippen molar-refractivity contribution in [2.45, 2.75) is 26.3 Å². The molecule has 0 unspecified atom stereocenters. The summed E-state index contributed by atoms with van der Waals surface area (Å²) in [6, 6.07) is 2.82. The molecule has 2 N–H and O–H groups in total. The van der Waals surface area contributed by atoms with Crippen LogP contribution in [0.15, 0.2) is 18.3 Å². The van der Waals surface area contributed by atoms with Crippen LogP contribution in [0.4, 0.5) is 10.3 Å². The number of halogens is 1. The number of pyridine rings is 1. The zero-order chi connectivity index (χ0) is 14.0. The quantitative estimate of drug-likeness (QED) is 0.874. The topological polar surface area (TPSA) is 71.3 Å². The second-order valence-corrected chi connectivity index (χ2v) is 5.24. The van der Waals surface area contributed by atoms with Crippen LogP contribution in [0.5, 0.6) is 0 Å². The number of fused-ring (bicyclic) bond motifs is 1. The molecule has 1 amide bonds.